The molecule has 1 atom stereocenters. The van der Waals surface area contributed by atoms with Crippen LogP contribution in [0.5, 0.6) is 0 Å². The summed E-state index contributed by atoms with van der Waals surface area (Å²) in [5.74, 6) is 0.243. The molecule has 0 aromatic heterocycles. The van der Waals surface area contributed by atoms with Crippen molar-refractivity contribution in [2.45, 2.75) is 19.9 Å². The van der Waals surface area contributed by atoms with E-state index >= 15 is 0 Å². The van der Waals surface area contributed by atoms with E-state index in [-0.39, 0.29) is 11.8 Å². The Bertz CT molecular complexity index is 141. The molecule has 0 amide bonds. The third-order valence-electron chi connectivity index (χ3n) is 2.18. The summed E-state index contributed by atoms with van der Waals surface area (Å²) in [6.07, 6.45) is 0. The summed E-state index contributed by atoms with van der Waals surface area (Å²) in [5, 5.41) is 0. The second-order valence-corrected chi connectivity index (χ2v) is 2.93. The molecule has 0 aliphatic carbocycles. The molecule has 1 saturated heterocycles. The van der Waals surface area contributed by atoms with Gasteiger partial charge in [0.05, 0.1) is 19.3 Å². The predicted molar refractivity (Wildman–Crippen MR) is 42.5 cm³/mol. The number of nitrogens with zero attached hydrogens (tertiary/aromatic N) is 1. The Morgan fingerprint density at radius 1 is 1.45 bits per heavy atom. The number of ether oxygens (including phenoxy) is 1. The molecule has 0 N–H and O–H groups in total. The van der Waals surface area contributed by atoms with E-state index in [4.69, 9.17) is 4.74 Å². The topological polar surface area (TPSA) is 29.5 Å². The van der Waals surface area contributed by atoms with Crippen molar-refractivity contribution in [1.29, 1.82) is 0 Å². The van der Waals surface area contributed by atoms with Crippen LogP contribution in [0, 0.1) is 0 Å². The van der Waals surface area contributed by atoms with Gasteiger partial charge in [-0.15, -0.1) is 0 Å². The number of carbonyl (C=O) groups is 1. The van der Waals surface area contributed by atoms with Crippen LogP contribution in [0.1, 0.15) is 13.8 Å². The summed E-state index contributed by atoms with van der Waals surface area (Å²) in [6.45, 7) is 6.89. The molecular formula is C8H15NO2. The molecule has 0 spiro atoms. The van der Waals surface area contributed by atoms with E-state index in [1.807, 2.05) is 6.92 Å². The Morgan fingerprint density at radius 2 is 2.00 bits per heavy atom. The quantitative estimate of drug-likeness (QED) is 0.577. The standard InChI is InChI=1S/C8H15NO2/c1-7(8(2)10)9-3-5-11-6-4-9/h7H,3-6H2,1-2H3. The van der Waals surface area contributed by atoms with Gasteiger partial charge in [-0.05, 0) is 13.8 Å². The van der Waals surface area contributed by atoms with Gasteiger partial charge in [0.25, 0.3) is 0 Å². The van der Waals surface area contributed by atoms with E-state index < -0.39 is 0 Å². The summed E-state index contributed by atoms with van der Waals surface area (Å²) in [5.41, 5.74) is 0. The third kappa shape index (κ3) is 2.27. The fourth-order valence-electron chi connectivity index (χ4n) is 1.22. The van der Waals surface area contributed by atoms with Crippen LogP contribution in [0.4, 0.5) is 0 Å². The molecule has 1 aliphatic rings. The zero-order valence-electron chi connectivity index (χ0n) is 7.17. The molecule has 0 radical (unpaired) electrons. The molecule has 3 heteroatoms. The molecule has 1 heterocycles. The molecule has 0 aromatic carbocycles. The van der Waals surface area contributed by atoms with E-state index in [0.29, 0.717) is 0 Å². The van der Waals surface area contributed by atoms with Crippen molar-refractivity contribution in [1.82, 2.24) is 4.90 Å². The molecule has 1 aliphatic heterocycles. The largest absolute Gasteiger partial charge is 0.379 e. The number of hydrogen-bond acceptors (Lipinski definition) is 3. The fourth-order valence-corrected chi connectivity index (χ4v) is 1.22. The third-order valence-corrected chi connectivity index (χ3v) is 2.18. The van der Waals surface area contributed by atoms with Gasteiger partial charge >= 0.3 is 0 Å². The maximum Gasteiger partial charge on any atom is 0.146 e. The zero-order valence-corrected chi connectivity index (χ0v) is 7.17. The van der Waals surface area contributed by atoms with Crippen molar-refractivity contribution in [3.63, 3.8) is 0 Å². The van der Waals surface area contributed by atoms with Crippen LogP contribution < -0.4 is 0 Å². The normalized spacial score (nSPS) is 23.1. The number of hydrogen-bond donors (Lipinski definition) is 0. The van der Waals surface area contributed by atoms with Gasteiger partial charge in [0, 0.05) is 13.1 Å². The average Bonchev–Trinajstić information content (AvgIpc) is 2.05. The Morgan fingerprint density at radius 3 is 2.45 bits per heavy atom. The van der Waals surface area contributed by atoms with E-state index in [0.717, 1.165) is 26.3 Å². The van der Waals surface area contributed by atoms with Crippen LogP contribution in [0.25, 0.3) is 0 Å². The molecule has 0 bridgehead atoms. The van der Waals surface area contributed by atoms with E-state index in [9.17, 15) is 4.79 Å². The first-order chi connectivity index (χ1) is 5.22. The van der Waals surface area contributed by atoms with Crippen molar-refractivity contribution < 1.29 is 9.53 Å². The first-order valence-corrected chi connectivity index (χ1v) is 4.04. The van der Waals surface area contributed by atoms with Crippen LogP contribution in [0.3, 0.4) is 0 Å². The van der Waals surface area contributed by atoms with Gasteiger partial charge in [0.15, 0.2) is 0 Å². The zero-order chi connectivity index (χ0) is 8.27. The molecule has 3 nitrogen and oxygen atoms in total. The Kier molecular flexibility index (Phi) is 3.02. The van der Waals surface area contributed by atoms with Crippen molar-refractivity contribution >= 4 is 5.78 Å². The van der Waals surface area contributed by atoms with Gasteiger partial charge in [0.2, 0.25) is 0 Å². The van der Waals surface area contributed by atoms with Gasteiger partial charge in [-0.1, -0.05) is 0 Å². The second kappa shape index (κ2) is 3.83. The van der Waals surface area contributed by atoms with Crippen molar-refractivity contribution in [3.8, 4) is 0 Å². The molecule has 1 fully saturated rings. The summed E-state index contributed by atoms with van der Waals surface area (Å²) in [6, 6.07) is 0.0684. The van der Waals surface area contributed by atoms with E-state index in [1.54, 1.807) is 6.92 Å². The maximum atomic E-state index is 11.0. The monoisotopic (exact) mass is 157 g/mol. The molecule has 0 saturated carbocycles. The first-order valence-electron chi connectivity index (χ1n) is 4.04. The number of carbonyl (C=O) groups excluding carboxylic acids is 1. The van der Waals surface area contributed by atoms with Crippen LogP contribution in [-0.4, -0.2) is 43.0 Å². The van der Waals surface area contributed by atoms with Gasteiger partial charge < -0.3 is 4.74 Å². The number of morpholine rings is 1. The summed E-state index contributed by atoms with van der Waals surface area (Å²) in [7, 11) is 0. The molecule has 1 rings (SSSR count). The molecule has 0 aromatic rings. The molecule has 11 heavy (non-hydrogen) atoms. The minimum atomic E-state index is 0.0684. The van der Waals surface area contributed by atoms with E-state index in [1.165, 1.54) is 0 Å². The van der Waals surface area contributed by atoms with Gasteiger partial charge in [-0.3, -0.25) is 9.69 Å². The maximum absolute atomic E-state index is 11.0. The van der Waals surface area contributed by atoms with Crippen molar-refractivity contribution in [2.24, 2.45) is 0 Å². The SMILES string of the molecule is CC(=O)C(C)N1CCOCC1. The van der Waals surface area contributed by atoms with Crippen LogP contribution in [0.2, 0.25) is 0 Å². The average molecular weight is 157 g/mol. The number of rotatable bonds is 2. The molecule has 64 valence electrons. The number of ketones is 1. The van der Waals surface area contributed by atoms with E-state index in [2.05, 4.69) is 4.90 Å². The predicted octanol–water partition coefficient (Wildman–Crippen LogP) is 0.296. The first kappa shape index (κ1) is 8.68. The van der Waals surface area contributed by atoms with Crippen LogP contribution in [-0.2, 0) is 9.53 Å². The minimum absolute atomic E-state index is 0.0684. The highest BCUT2D eigenvalue weighted by Crippen LogP contribution is 2.03. The van der Waals surface area contributed by atoms with Gasteiger partial charge in [0.1, 0.15) is 5.78 Å². The van der Waals surface area contributed by atoms with Crippen LogP contribution >= 0.6 is 0 Å². The lowest BCUT2D eigenvalue weighted by Gasteiger charge is -2.30. The lowest BCUT2D eigenvalue weighted by atomic mass is 10.2. The number of Topliss-reactive ketones (excluding diaryl/α,β-unsaturated/α-hetero) is 1. The Hall–Kier alpha value is -0.410. The highest BCUT2D eigenvalue weighted by atomic mass is 16.5. The Labute approximate surface area is 67.3 Å². The van der Waals surface area contributed by atoms with Crippen molar-refractivity contribution in [2.75, 3.05) is 26.3 Å². The summed E-state index contributed by atoms with van der Waals surface area (Å²) >= 11 is 0. The van der Waals surface area contributed by atoms with Crippen LogP contribution in [0.15, 0.2) is 0 Å². The highest BCUT2D eigenvalue weighted by Gasteiger charge is 2.19. The fraction of sp³-hybridized carbons (Fsp3) is 0.875. The lowest BCUT2D eigenvalue weighted by Crippen LogP contribution is -2.45. The van der Waals surface area contributed by atoms with Crippen molar-refractivity contribution in [3.05, 3.63) is 0 Å². The Balaban J connectivity index is 2.38. The highest BCUT2D eigenvalue weighted by molar-refractivity contribution is 5.80. The summed E-state index contributed by atoms with van der Waals surface area (Å²) in [4.78, 5) is 13.1. The lowest BCUT2D eigenvalue weighted by molar-refractivity contribution is -0.123. The van der Waals surface area contributed by atoms with Gasteiger partial charge in [-0.25, -0.2) is 0 Å². The molecule has 1 unspecified atom stereocenters. The second-order valence-electron chi connectivity index (χ2n) is 2.93. The van der Waals surface area contributed by atoms with Gasteiger partial charge in [-0.2, -0.15) is 0 Å². The smallest absolute Gasteiger partial charge is 0.146 e. The minimum Gasteiger partial charge on any atom is -0.379 e. The summed E-state index contributed by atoms with van der Waals surface area (Å²) < 4.78 is 5.18. The molecular weight excluding hydrogens is 142 g/mol.